The van der Waals surface area contributed by atoms with Gasteiger partial charge in [-0.05, 0) is 53.1 Å². The van der Waals surface area contributed by atoms with E-state index >= 15 is 0 Å². The summed E-state index contributed by atoms with van der Waals surface area (Å²) in [5.41, 5.74) is 3.59. The van der Waals surface area contributed by atoms with Crippen molar-refractivity contribution in [3.63, 3.8) is 0 Å². The van der Waals surface area contributed by atoms with Gasteiger partial charge in [0, 0.05) is 32.7 Å². The highest BCUT2D eigenvalue weighted by molar-refractivity contribution is 5.98. The number of hydrogen-bond donors (Lipinski definition) is 0. The highest BCUT2D eigenvalue weighted by Gasteiger charge is 2.17. The molecule has 0 atom stereocenters. The van der Waals surface area contributed by atoms with Gasteiger partial charge in [0.1, 0.15) is 5.75 Å². The highest BCUT2D eigenvalue weighted by atomic mass is 16.5. The van der Waals surface area contributed by atoms with Crippen molar-refractivity contribution in [3.05, 3.63) is 77.9 Å². The first-order valence-electron chi connectivity index (χ1n) is 9.86. The zero-order chi connectivity index (χ0) is 19.3. The van der Waals surface area contributed by atoms with Gasteiger partial charge >= 0.3 is 0 Å². The van der Waals surface area contributed by atoms with Crippen LogP contribution in [0.5, 0.6) is 5.75 Å². The maximum atomic E-state index is 5.23. The van der Waals surface area contributed by atoms with E-state index in [2.05, 4.69) is 71.4 Å². The van der Waals surface area contributed by atoms with Crippen molar-refractivity contribution >= 4 is 16.5 Å². The summed E-state index contributed by atoms with van der Waals surface area (Å²) in [6, 6.07) is 23.3. The van der Waals surface area contributed by atoms with Crippen LogP contribution in [0, 0.1) is 0 Å². The second kappa shape index (κ2) is 8.44. The molecule has 0 bridgehead atoms. The molecule has 0 spiro atoms. The van der Waals surface area contributed by atoms with Gasteiger partial charge in [0.05, 0.1) is 12.8 Å². The predicted octanol–water partition coefficient (Wildman–Crippen LogP) is 4.39. The lowest BCUT2D eigenvalue weighted by molar-refractivity contribution is 0.131. The van der Waals surface area contributed by atoms with E-state index in [-0.39, 0.29) is 0 Å². The van der Waals surface area contributed by atoms with Crippen molar-refractivity contribution < 1.29 is 4.74 Å². The van der Waals surface area contributed by atoms with Gasteiger partial charge in [-0.25, -0.2) is 0 Å². The molecule has 1 saturated heterocycles. The molecule has 0 unspecified atom stereocenters. The van der Waals surface area contributed by atoms with Crippen LogP contribution in [0.3, 0.4) is 0 Å². The fraction of sp³-hybridized carbons (Fsp3) is 0.292. The number of nitrogens with zero attached hydrogens (tertiary/aromatic N) is 3. The van der Waals surface area contributed by atoms with Crippen LogP contribution in [0.15, 0.2) is 71.8 Å². The Morgan fingerprint density at radius 3 is 2.36 bits per heavy atom. The molecule has 1 aliphatic heterocycles. The fourth-order valence-corrected chi connectivity index (χ4v) is 3.77. The topological polar surface area (TPSA) is 28.1 Å². The number of ether oxygens (including phenoxy) is 1. The minimum Gasteiger partial charge on any atom is -0.497 e. The lowest BCUT2D eigenvalue weighted by Gasteiger charge is -2.33. The Labute approximate surface area is 167 Å². The molecule has 4 rings (SSSR count). The average Bonchev–Trinajstić information content (AvgIpc) is 2.75. The number of fused-ring (bicyclic) bond motifs is 1. The summed E-state index contributed by atoms with van der Waals surface area (Å²) in [6.07, 6.45) is 0. The minimum absolute atomic E-state index is 0.874. The van der Waals surface area contributed by atoms with E-state index in [9.17, 15) is 0 Å². The zero-order valence-electron chi connectivity index (χ0n) is 16.6. The second-order valence-electron chi connectivity index (χ2n) is 7.28. The molecule has 1 fully saturated rings. The van der Waals surface area contributed by atoms with E-state index in [4.69, 9.17) is 9.84 Å². The summed E-state index contributed by atoms with van der Waals surface area (Å²) in [4.78, 5) is 2.52. The van der Waals surface area contributed by atoms with Crippen LogP contribution >= 0.6 is 0 Å². The summed E-state index contributed by atoms with van der Waals surface area (Å²) in [5, 5.41) is 9.71. The first-order valence-corrected chi connectivity index (χ1v) is 9.86. The third-order valence-corrected chi connectivity index (χ3v) is 5.42. The van der Waals surface area contributed by atoms with Gasteiger partial charge in [-0.3, -0.25) is 9.91 Å². The number of benzene rings is 3. The van der Waals surface area contributed by atoms with Crippen molar-refractivity contribution in [3.8, 4) is 5.75 Å². The Bertz CT molecular complexity index is 952. The van der Waals surface area contributed by atoms with Crippen molar-refractivity contribution in [2.75, 3.05) is 33.3 Å². The number of methoxy groups -OCH3 is 1. The predicted molar refractivity (Wildman–Crippen MR) is 116 cm³/mol. The van der Waals surface area contributed by atoms with E-state index < -0.39 is 0 Å². The summed E-state index contributed by atoms with van der Waals surface area (Å²) < 4.78 is 5.23. The molecule has 144 valence electrons. The molecule has 4 heteroatoms. The summed E-state index contributed by atoms with van der Waals surface area (Å²) in [5.74, 6) is 0.874. The molecule has 0 aromatic heterocycles. The Morgan fingerprint density at radius 2 is 1.61 bits per heavy atom. The Kier molecular flexibility index (Phi) is 5.58. The SMILES string of the molecule is COc1ccc(/C(C)=N/N2CCN(Cc3cccc4ccccc34)CC2)cc1. The fourth-order valence-electron chi connectivity index (χ4n) is 3.77. The van der Waals surface area contributed by atoms with Crippen LogP contribution in [0.4, 0.5) is 0 Å². The third kappa shape index (κ3) is 4.18. The molecule has 1 heterocycles. The van der Waals surface area contributed by atoms with Crippen LogP contribution in [-0.4, -0.2) is 48.9 Å². The Hall–Kier alpha value is -2.85. The number of hydrazone groups is 1. The van der Waals surface area contributed by atoms with E-state index in [0.29, 0.717) is 0 Å². The standard InChI is InChI=1S/C24H27N3O/c1-19(20-10-12-23(28-2)13-11-20)25-27-16-14-26(15-17-27)18-22-8-5-7-21-6-3-4-9-24(21)22/h3-13H,14-18H2,1-2H3/b25-19+. The lowest BCUT2D eigenvalue weighted by Crippen LogP contribution is -2.43. The maximum absolute atomic E-state index is 5.23. The van der Waals surface area contributed by atoms with E-state index in [0.717, 1.165) is 49.7 Å². The smallest absolute Gasteiger partial charge is 0.118 e. The average molecular weight is 374 g/mol. The van der Waals surface area contributed by atoms with Crippen molar-refractivity contribution in [1.82, 2.24) is 9.91 Å². The second-order valence-corrected chi connectivity index (χ2v) is 7.28. The normalized spacial score (nSPS) is 15.8. The summed E-state index contributed by atoms with van der Waals surface area (Å²) in [6.45, 7) is 7.04. The van der Waals surface area contributed by atoms with Gasteiger partial charge in [0.2, 0.25) is 0 Å². The van der Waals surface area contributed by atoms with Gasteiger partial charge in [-0.15, -0.1) is 0 Å². The first kappa shape index (κ1) is 18.5. The number of hydrogen-bond acceptors (Lipinski definition) is 4. The van der Waals surface area contributed by atoms with Gasteiger partial charge in [0.15, 0.2) is 0 Å². The van der Waals surface area contributed by atoms with E-state index in [1.54, 1.807) is 7.11 Å². The molecule has 4 nitrogen and oxygen atoms in total. The quantitative estimate of drug-likeness (QED) is 0.621. The number of rotatable bonds is 5. The van der Waals surface area contributed by atoms with Crippen LogP contribution in [0.25, 0.3) is 10.8 Å². The van der Waals surface area contributed by atoms with Crippen LogP contribution in [0.2, 0.25) is 0 Å². The molecule has 0 saturated carbocycles. The molecule has 3 aromatic carbocycles. The molecule has 3 aromatic rings. The lowest BCUT2D eigenvalue weighted by atomic mass is 10.0. The van der Waals surface area contributed by atoms with Crippen LogP contribution < -0.4 is 4.74 Å². The molecular formula is C24H27N3O. The Morgan fingerprint density at radius 1 is 0.893 bits per heavy atom. The van der Waals surface area contributed by atoms with Gasteiger partial charge in [-0.1, -0.05) is 42.5 Å². The number of piperazine rings is 1. The molecule has 1 aliphatic rings. The molecule has 0 N–H and O–H groups in total. The molecule has 28 heavy (non-hydrogen) atoms. The minimum atomic E-state index is 0.874. The first-order chi connectivity index (χ1) is 13.7. The van der Waals surface area contributed by atoms with Gasteiger partial charge in [-0.2, -0.15) is 5.10 Å². The molecule has 0 radical (unpaired) electrons. The van der Waals surface area contributed by atoms with Crippen LogP contribution in [0.1, 0.15) is 18.1 Å². The van der Waals surface area contributed by atoms with Gasteiger partial charge < -0.3 is 4.74 Å². The largest absolute Gasteiger partial charge is 0.497 e. The highest BCUT2D eigenvalue weighted by Crippen LogP contribution is 2.21. The van der Waals surface area contributed by atoms with Crippen molar-refractivity contribution in [2.24, 2.45) is 5.10 Å². The zero-order valence-corrected chi connectivity index (χ0v) is 16.6. The van der Waals surface area contributed by atoms with Gasteiger partial charge in [0.25, 0.3) is 0 Å². The summed E-state index contributed by atoms with van der Waals surface area (Å²) >= 11 is 0. The summed E-state index contributed by atoms with van der Waals surface area (Å²) in [7, 11) is 1.69. The van der Waals surface area contributed by atoms with Crippen molar-refractivity contribution in [1.29, 1.82) is 0 Å². The maximum Gasteiger partial charge on any atom is 0.118 e. The third-order valence-electron chi connectivity index (χ3n) is 5.42. The Balaban J connectivity index is 1.37. The van der Waals surface area contributed by atoms with Crippen molar-refractivity contribution in [2.45, 2.75) is 13.5 Å². The molecular weight excluding hydrogens is 346 g/mol. The van der Waals surface area contributed by atoms with E-state index in [1.165, 1.54) is 16.3 Å². The monoisotopic (exact) mass is 373 g/mol. The molecule has 0 amide bonds. The molecule has 0 aliphatic carbocycles. The van der Waals surface area contributed by atoms with Crippen LogP contribution in [-0.2, 0) is 6.54 Å². The van der Waals surface area contributed by atoms with E-state index in [1.807, 2.05) is 12.1 Å².